The highest BCUT2D eigenvalue weighted by atomic mass is 16.6. The van der Waals surface area contributed by atoms with E-state index in [1.807, 2.05) is 45.9 Å². The molecule has 0 saturated carbocycles. The maximum atomic E-state index is 11.5. The van der Waals surface area contributed by atoms with E-state index in [2.05, 4.69) is 0 Å². The fraction of sp³-hybridized carbons (Fsp3) is 0.400. The van der Waals surface area contributed by atoms with E-state index in [9.17, 15) is 4.79 Å². The van der Waals surface area contributed by atoms with Gasteiger partial charge in [0, 0.05) is 6.08 Å². The molecule has 0 unspecified atom stereocenters. The first-order valence-corrected chi connectivity index (χ1v) is 5.87. The zero-order chi connectivity index (χ0) is 13.8. The fourth-order valence-electron chi connectivity index (χ4n) is 1.46. The van der Waals surface area contributed by atoms with Crippen LogP contribution < -0.4 is 4.74 Å². The molecule has 0 heterocycles. The highest BCUT2D eigenvalue weighted by Crippen LogP contribution is 2.18. The van der Waals surface area contributed by atoms with Crippen LogP contribution in [0.2, 0.25) is 0 Å². The van der Waals surface area contributed by atoms with Crippen LogP contribution in [0.15, 0.2) is 24.3 Å². The van der Waals surface area contributed by atoms with Gasteiger partial charge in [-0.2, -0.15) is 0 Å². The van der Waals surface area contributed by atoms with Gasteiger partial charge < -0.3 is 9.47 Å². The van der Waals surface area contributed by atoms with Crippen molar-refractivity contribution in [2.45, 2.75) is 33.3 Å². The molecule has 0 spiro atoms. The lowest BCUT2D eigenvalue weighted by Crippen LogP contribution is -2.22. The molecule has 1 aromatic carbocycles. The summed E-state index contributed by atoms with van der Waals surface area (Å²) >= 11 is 0. The van der Waals surface area contributed by atoms with Gasteiger partial charge in [-0.05, 0) is 57.0 Å². The van der Waals surface area contributed by atoms with Crippen LogP contribution in [0.25, 0.3) is 6.08 Å². The Morgan fingerprint density at radius 1 is 1.28 bits per heavy atom. The molecule has 0 atom stereocenters. The number of hydrogen-bond acceptors (Lipinski definition) is 3. The maximum absolute atomic E-state index is 11.5. The Bertz CT molecular complexity index is 453. The summed E-state index contributed by atoms with van der Waals surface area (Å²) in [5.41, 5.74) is 1.56. The van der Waals surface area contributed by atoms with Crippen LogP contribution in [0.1, 0.15) is 31.9 Å². The normalized spacial score (nSPS) is 11.6. The smallest absolute Gasteiger partial charge is 0.331 e. The largest absolute Gasteiger partial charge is 0.497 e. The Labute approximate surface area is 108 Å². The Hall–Kier alpha value is -1.77. The van der Waals surface area contributed by atoms with Gasteiger partial charge in [0.05, 0.1) is 7.11 Å². The second-order valence-electron chi connectivity index (χ2n) is 5.09. The standard InChI is InChI=1S/C15H20O3/c1-11-10-13(17-5)8-6-12(11)7-9-14(16)18-15(2,3)4/h6-10H,1-5H3/b9-7+. The molecule has 18 heavy (non-hydrogen) atoms. The van der Waals surface area contributed by atoms with E-state index in [1.54, 1.807) is 13.2 Å². The molecule has 1 rings (SSSR count). The van der Waals surface area contributed by atoms with E-state index in [1.165, 1.54) is 6.08 Å². The van der Waals surface area contributed by atoms with Gasteiger partial charge in [-0.1, -0.05) is 6.07 Å². The molecule has 0 fully saturated rings. The summed E-state index contributed by atoms with van der Waals surface area (Å²) in [6.07, 6.45) is 3.20. The second-order valence-corrected chi connectivity index (χ2v) is 5.09. The van der Waals surface area contributed by atoms with E-state index < -0.39 is 5.60 Å². The molecule has 0 amide bonds. The number of ether oxygens (including phenoxy) is 2. The molecule has 0 saturated heterocycles. The first-order valence-electron chi connectivity index (χ1n) is 5.87. The number of carbonyl (C=O) groups excluding carboxylic acids is 1. The number of carbonyl (C=O) groups is 1. The van der Waals surface area contributed by atoms with Crippen molar-refractivity contribution in [3.63, 3.8) is 0 Å². The first-order chi connectivity index (χ1) is 8.31. The minimum Gasteiger partial charge on any atom is -0.497 e. The van der Waals surface area contributed by atoms with Crippen LogP contribution in [0.3, 0.4) is 0 Å². The summed E-state index contributed by atoms with van der Waals surface area (Å²) in [5.74, 6) is 0.472. The quantitative estimate of drug-likeness (QED) is 0.608. The molecule has 1 aromatic rings. The van der Waals surface area contributed by atoms with Crippen LogP contribution in [0.5, 0.6) is 5.75 Å². The molecular formula is C15H20O3. The summed E-state index contributed by atoms with van der Waals surface area (Å²) < 4.78 is 10.3. The van der Waals surface area contributed by atoms with Crippen molar-refractivity contribution in [1.29, 1.82) is 0 Å². The van der Waals surface area contributed by atoms with Crippen molar-refractivity contribution < 1.29 is 14.3 Å². The number of esters is 1. The number of hydrogen-bond donors (Lipinski definition) is 0. The molecule has 0 radical (unpaired) electrons. The van der Waals surface area contributed by atoms with Crippen LogP contribution in [0.4, 0.5) is 0 Å². The molecular weight excluding hydrogens is 228 g/mol. The first kappa shape index (κ1) is 14.3. The third-order valence-corrected chi connectivity index (χ3v) is 2.28. The summed E-state index contributed by atoms with van der Waals surface area (Å²) in [5, 5.41) is 0. The van der Waals surface area contributed by atoms with Crippen molar-refractivity contribution in [3.8, 4) is 5.75 Å². The van der Waals surface area contributed by atoms with Crippen LogP contribution >= 0.6 is 0 Å². The SMILES string of the molecule is COc1ccc(/C=C/C(=O)OC(C)(C)C)c(C)c1. The molecule has 0 aliphatic rings. The van der Waals surface area contributed by atoms with E-state index in [0.717, 1.165) is 16.9 Å². The van der Waals surface area contributed by atoms with Gasteiger partial charge >= 0.3 is 5.97 Å². The molecule has 98 valence electrons. The summed E-state index contributed by atoms with van der Waals surface area (Å²) in [6, 6.07) is 5.70. The fourth-order valence-corrected chi connectivity index (χ4v) is 1.46. The highest BCUT2D eigenvalue weighted by molar-refractivity contribution is 5.87. The lowest BCUT2D eigenvalue weighted by molar-refractivity contribution is -0.148. The maximum Gasteiger partial charge on any atom is 0.331 e. The van der Waals surface area contributed by atoms with Crippen molar-refractivity contribution in [1.82, 2.24) is 0 Å². The second kappa shape index (κ2) is 5.71. The van der Waals surface area contributed by atoms with Crippen LogP contribution in [0, 0.1) is 6.92 Å². The lowest BCUT2D eigenvalue weighted by Gasteiger charge is -2.17. The Morgan fingerprint density at radius 3 is 2.44 bits per heavy atom. The predicted molar refractivity (Wildman–Crippen MR) is 72.6 cm³/mol. The van der Waals surface area contributed by atoms with Gasteiger partial charge in [-0.25, -0.2) is 4.79 Å². The zero-order valence-electron chi connectivity index (χ0n) is 11.6. The van der Waals surface area contributed by atoms with Crippen LogP contribution in [-0.2, 0) is 9.53 Å². The molecule has 0 aliphatic carbocycles. The topological polar surface area (TPSA) is 35.5 Å². The van der Waals surface area contributed by atoms with Crippen LogP contribution in [-0.4, -0.2) is 18.7 Å². The van der Waals surface area contributed by atoms with Gasteiger partial charge in [0.2, 0.25) is 0 Å². The minimum atomic E-state index is -0.462. The molecule has 3 heteroatoms. The lowest BCUT2D eigenvalue weighted by atomic mass is 10.1. The van der Waals surface area contributed by atoms with E-state index in [-0.39, 0.29) is 5.97 Å². The zero-order valence-corrected chi connectivity index (χ0v) is 11.6. The summed E-state index contributed by atoms with van der Waals surface area (Å²) in [6.45, 7) is 7.50. The van der Waals surface area contributed by atoms with Crippen molar-refractivity contribution in [3.05, 3.63) is 35.4 Å². The van der Waals surface area contributed by atoms with Gasteiger partial charge in [-0.15, -0.1) is 0 Å². The Balaban J connectivity index is 2.76. The molecule has 0 N–H and O–H groups in total. The molecule has 0 bridgehead atoms. The average molecular weight is 248 g/mol. The third kappa shape index (κ3) is 4.62. The molecule has 0 aromatic heterocycles. The minimum absolute atomic E-state index is 0.335. The van der Waals surface area contributed by atoms with Gasteiger partial charge in [0.25, 0.3) is 0 Å². The van der Waals surface area contributed by atoms with E-state index in [4.69, 9.17) is 9.47 Å². The van der Waals surface area contributed by atoms with Crippen molar-refractivity contribution in [2.75, 3.05) is 7.11 Å². The Morgan fingerprint density at radius 2 is 1.94 bits per heavy atom. The van der Waals surface area contributed by atoms with Gasteiger partial charge in [0.15, 0.2) is 0 Å². The monoisotopic (exact) mass is 248 g/mol. The number of methoxy groups -OCH3 is 1. The molecule has 0 aliphatic heterocycles. The van der Waals surface area contributed by atoms with E-state index >= 15 is 0 Å². The average Bonchev–Trinajstić information content (AvgIpc) is 2.25. The van der Waals surface area contributed by atoms with Gasteiger partial charge in [0.1, 0.15) is 11.4 Å². The van der Waals surface area contributed by atoms with E-state index in [0.29, 0.717) is 0 Å². The predicted octanol–water partition coefficient (Wildman–Crippen LogP) is 3.36. The third-order valence-electron chi connectivity index (χ3n) is 2.28. The highest BCUT2D eigenvalue weighted by Gasteiger charge is 2.13. The number of rotatable bonds is 3. The van der Waals surface area contributed by atoms with Gasteiger partial charge in [-0.3, -0.25) is 0 Å². The van der Waals surface area contributed by atoms with Crippen molar-refractivity contribution in [2.24, 2.45) is 0 Å². The van der Waals surface area contributed by atoms with Crippen molar-refractivity contribution >= 4 is 12.0 Å². The number of benzene rings is 1. The Kier molecular flexibility index (Phi) is 4.54. The summed E-state index contributed by atoms with van der Waals surface area (Å²) in [4.78, 5) is 11.5. The summed E-state index contributed by atoms with van der Waals surface area (Å²) in [7, 11) is 1.63. The number of aryl methyl sites for hydroxylation is 1. The molecule has 3 nitrogen and oxygen atoms in total.